The number of aromatic nitrogens is 2. The van der Waals surface area contributed by atoms with Gasteiger partial charge in [-0.15, -0.1) is 0 Å². The second-order valence-electron chi connectivity index (χ2n) is 7.30. The minimum atomic E-state index is -3.98. The molecule has 154 valence electrons. The van der Waals surface area contributed by atoms with Crippen molar-refractivity contribution < 1.29 is 13.2 Å². The van der Waals surface area contributed by atoms with E-state index in [1.54, 1.807) is 32.2 Å². The van der Waals surface area contributed by atoms with Crippen LogP contribution in [0.4, 0.5) is 5.69 Å². The van der Waals surface area contributed by atoms with Crippen LogP contribution >= 0.6 is 0 Å². The number of amides is 1. The summed E-state index contributed by atoms with van der Waals surface area (Å²) in [5.41, 5.74) is 1.36. The quantitative estimate of drug-likeness (QED) is 0.654. The summed E-state index contributed by atoms with van der Waals surface area (Å²) in [4.78, 5) is 27.3. The lowest BCUT2D eigenvalue weighted by molar-refractivity contribution is -0.122. The molecule has 1 aliphatic rings. The number of nitriles is 1. The molecule has 10 heteroatoms. The van der Waals surface area contributed by atoms with Crippen LogP contribution in [-0.2, 0) is 21.9 Å². The molecular formula is C20H19N5O4S. The van der Waals surface area contributed by atoms with Gasteiger partial charge in [0.05, 0.1) is 5.52 Å². The molecule has 1 aromatic carbocycles. The number of benzene rings is 1. The minimum absolute atomic E-state index is 0.0325. The largest absolute Gasteiger partial charge is 0.345 e. The van der Waals surface area contributed by atoms with Gasteiger partial charge in [-0.05, 0) is 43.2 Å². The van der Waals surface area contributed by atoms with Gasteiger partial charge in [0.15, 0.2) is 0 Å². The highest BCUT2D eigenvalue weighted by molar-refractivity contribution is 7.89. The Kier molecular flexibility index (Phi) is 4.72. The number of fused-ring (bicyclic) bond motifs is 1. The second kappa shape index (κ2) is 7.12. The average molecular weight is 425 g/mol. The number of rotatable bonds is 4. The maximum atomic E-state index is 13.3. The van der Waals surface area contributed by atoms with Crippen molar-refractivity contribution in [2.24, 2.45) is 7.05 Å². The predicted molar refractivity (Wildman–Crippen MR) is 110 cm³/mol. The first kappa shape index (κ1) is 19.9. The normalized spacial score (nSPS) is 16.8. The van der Waals surface area contributed by atoms with Crippen LogP contribution in [-0.4, -0.2) is 40.8 Å². The minimum Gasteiger partial charge on any atom is -0.345 e. The molecule has 0 saturated carbocycles. The summed E-state index contributed by atoms with van der Waals surface area (Å²) >= 11 is 0. The van der Waals surface area contributed by atoms with E-state index in [-0.39, 0.29) is 22.7 Å². The number of carbonyl (C=O) groups excluding carboxylic acids is 1. The van der Waals surface area contributed by atoms with Crippen molar-refractivity contribution in [1.29, 1.82) is 5.26 Å². The Morgan fingerprint density at radius 3 is 2.70 bits per heavy atom. The number of nitrogens with one attached hydrogen (secondary N) is 2. The summed E-state index contributed by atoms with van der Waals surface area (Å²) < 4.78 is 29.2. The molecule has 0 spiro atoms. The van der Waals surface area contributed by atoms with Gasteiger partial charge in [0.1, 0.15) is 22.7 Å². The Bertz CT molecular complexity index is 1380. The van der Waals surface area contributed by atoms with Crippen LogP contribution in [0.5, 0.6) is 0 Å². The number of aryl methyl sites for hydroxylation is 2. The molecule has 0 radical (unpaired) electrons. The number of carbonyl (C=O) groups is 1. The predicted octanol–water partition coefficient (Wildman–Crippen LogP) is 1.45. The molecule has 9 nitrogen and oxygen atoms in total. The Morgan fingerprint density at radius 1 is 1.30 bits per heavy atom. The lowest BCUT2D eigenvalue weighted by Crippen LogP contribution is -2.56. The zero-order chi connectivity index (χ0) is 21.6. The first-order valence-electron chi connectivity index (χ1n) is 9.23. The van der Waals surface area contributed by atoms with Crippen molar-refractivity contribution in [2.75, 3.05) is 11.9 Å². The van der Waals surface area contributed by atoms with Gasteiger partial charge in [0.25, 0.3) is 5.56 Å². The third-order valence-corrected chi connectivity index (χ3v) is 7.12. The van der Waals surface area contributed by atoms with E-state index in [4.69, 9.17) is 5.26 Å². The fourth-order valence-corrected chi connectivity index (χ4v) is 5.41. The van der Waals surface area contributed by atoms with Crippen LogP contribution in [0.3, 0.4) is 0 Å². The number of hydrogen-bond acceptors (Lipinski definition) is 5. The van der Waals surface area contributed by atoms with E-state index < -0.39 is 22.0 Å². The number of H-pyrrole nitrogens is 1. The Labute approximate surface area is 172 Å². The Balaban J connectivity index is 1.65. The third kappa shape index (κ3) is 3.28. The first-order valence-corrected chi connectivity index (χ1v) is 10.7. The molecule has 0 aliphatic carbocycles. The van der Waals surface area contributed by atoms with Gasteiger partial charge >= 0.3 is 0 Å². The third-order valence-electron chi connectivity index (χ3n) is 5.19. The number of hydrogen-bond donors (Lipinski definition) is 2. The molecule has 2 N–H and O–H groups in total. The van der Waals surface area contributed by atoms with Gasteiger partial charge in [-0.1, -0.05) is 0 Å². The fourth-order valence-electron chi connectivity index (χ4n) is 3.51. The SMILES string of the molecule is Cc1cc(S(=O)(=O)N2CC[C@@H]2C(=O)Nc2ccn(C)c(=O)c2)c2[nH]c(C#N)cc2c1. The van der Waals surface area contributed by atoms with E-state index >= 15 is 0 Å². The zero-order valence-electron chi connectivity index (χ0n) is 16.3. The van der Waals surface area contributed by atoms with Gasteiger partial charge in [-0.3, -0.25) is 9.59 Å². The molecule has 2 aromatic heterocycles. The molecule has 4 rings (SSSR count). The van der Waals surface area contributed by atoms with Crippen molar-refractivity contribution in [3.63, 3.8) is 0 Å². The van der Waals surface area contributed by atoms with Crippen molar-refractivity contribution in [3.8, 4) is 6.07 Å². The number of sulfonamides is 1. The standard InChI is InChI=1S/C20H19N5O4S/c1-12-7-13-9-15(11-21)22-19(13)17(8-12)30(28,29)25-6-4-16(25)20(27)23-14-3-5-24(2)18(26)10-14/h3,5,7-10,16,22H,4,6H2,1-2H3,(H,23,27)/t16-/m1/s1. The molecule has 3 heterocycles. The van der Waals surface area contributed by atoms with Crippen molar-refractivity contribution in [1.82, 2.24) is 13.9 Å². The number of nitrogens with zero attached hydrogens (tertiary/aromatic N) is 3. The smallest absolute Gasteiger partial charge is 0.252 e. The average Bonchev–Trinajstić information content (AvgIpc) is 3.05. The van der Waals surface area contributed by atoms with E-state index in [2.05, 4.69) is 10.3 Å². The summed E-state index contributed by atoms with van der Waals surface area (Å²) in [7, 11) is -2.39. The van der Waals surface area contributed by atoms with Crippen LogP contribution in [0.2, 0.25) is 0 Å². The topological polar surface area (TPSA) is 128 Å². The van der Waals surface area contributed by atoms with Crippen molar-refractivity contribution in [2.45, 2.75) is 24.3 Å². The molecule has 1 saturated heterocycles. The van der Waals surface area contributed by atoms with E-state index in [1.807, 2.05) is 6.07 Å². The molecule has 1 fully saturated rings. The van der Waals surface area contributed by atoms with Crippen molar-refractivity contribution >= 4 is 32.5 Å². The van der Waals surface area contributed by atoms with Crippen LogP contribution in [0, 0.1) is 18.3 Å². The Morgan fingerprint density at radius 2 is 2.07 bits per heavy atom. The highest BCUT2D eigenvalue weighted by atomic mass is 32.2. The monoisotopic (exact) mass is 425 g/mol. The lowest BCUT2D eigenvalue weighted by Gasteiger charge is -2.38. The van der Waals surface area contributed by atoms with Crippen LogP contribution in [0.25, 0.3) is 10.9 Å². The maximum absolute atomic E-state index is 13.3. The van der Waals surface area contributed by atoms with E-state index in [9.17, 15) is 18.0 Å². The molecule has 3 aromatic rings. The summed E-state index contributed by atoms with van der Waals surface area (Å²) in [6, 6.07) is 8.88. The van der Waals surface area contributed by atoms with Gasteiger partial charge in [0, 0.05) is 36.9 Å². The lowest BCUT2D eigenvalue weighted by atomic mass is 10.1. The van der Waals surface area contributed by atoms with Gasteiger partial charge in [-0.25, -0.2) is 8.42 Å². The van der Waals surface area contributed by atoms with Gasteiger partial charge < -0.3 is 14.9 Å². The van der Waals surface area contributed by atoms with Crippen molar-refractivity contribution in [3.05, 3.63) is 58.1 Å². The molecule has 1 amide bonds. The number of pyridine rings is 1. The Hall–Kier alpha value is -3.42. The van der Waals surface area contributed by atoms with E-state index in [0.717, 1.165) is 9.87 Å². The summed E-state index contributed by atoms with van der Waals surface area (Å²) in [5.74, 6) is -0.494. The highest BCUT2D eigenvalue weighted by Crippen LogP contribution is 2.32. The number of anilines is 1. The van der Waals surface area contributed by atoms with Crippen LogP contribution in [0.15, 0.2) is 46.2 Å². The number of aromatic amines is 1. The van der Waals surface area contributed by atoms with Crippen LogP contribution < -0.4 is 10.9 Å². The fraction of sp³-hybridized carbons (Fsp3) is 0.250. The van der Waals surface area contributed by atoms with E-state index in [0.29, 0.717) is 23.0 Å². The summed E-state index contributed by atoms with van der Waals surface area (Å²) in [5, 5.41) is 12.4. The van der Waals surface area contributed by atoms with Crippen LogP contribution in [0.1, 0.15) is 17.7 Å². The molecule has 0 unspecified atom stereocenters. The molecule has 30 heavy (non-hydrogen) atoms. The summed E-state index contributed by atoms with van der Waals surface area (Å²) in [6.45, 7) is 1.98. The summed E-state index contributed by atoms with van der Waals surface area (Å²) in [6.07, 6.45) is 1.90. The first-order chi connectivity index (χ1) is 14.2. The second-order valence-corrected chi connectivity index (χ2v) is 9.16. The van der Waals surface area contributed by atoms with E-state index in [1.165, 1.54) is 22.9 Å². The van der Waals surface area contributed by atoms with Gasteiger partial charge in [-0.2, -0.15) is 9.57 Å². The molecule has 1 atom stereocenters. The maximum Gasteiger partial charge on any atom is 0.252 e. The molecular weight excluding hydrogens is 406 g/mol. The zero-order valence-corrected chi connectivity index (χ0v) is 17.2. The highest BCUT2D eigenvalue weighted by Gasteiger charge is 2.43. The molecule has 1 aliphatic heterocycles. The molecule has 0 bridgehead atoms. The van der Waals surface area contributed by atoms with Gasteiger partial charge in [0.2, 0.25) is 15.9 Å².